The second-order valence-electron chi connectivity index (χ2n) is 2.25. The molecule has 0 atom stereocenters. The first kappa shape index (κ1) is 12.8. The molecule has 0 saturated heterocycles. The summed E-state index contributed by atoms with van der Waals surface area (Å²) in [4.78, 5) is 0. The number of nitrogens with one attached hydrogen (secondary N) is 2. The van der Waals surface area contributed by atoms with Gasteiger partial charge in [-0.15, -0.1) is 0 Å². The predicted octanol–water partition coefficient (Wildman–Crippen LogP) is 1.48. The molecule has 0 spiro atoms. The highest BCUT2D eigenvalue weighted by Crippen LogP contribution is 2.16. The fourth-order valence-electron chi connectivity index (χ4n) is 0.794. The molecule has 0 radical (unpaired) electrons. The minimum atomic E-state index is -0.601. The summed E-state index contributed by atoms with van der Waals surface area (Å²) in [6, 6.07) is 3.72. The summed E-state index contributed by atoms with van der Waals surface area (Å²) in [5, 5.41) is 0. The SMILES string of the molecule is CCNNc1c(F)cccc1F.CN. The Morgan fingerprint density at radius 3 is 2.14 bits per heavy atom. The lowest BCUT2D eigenvalue weighted by atomic mass is 10.3. The zero-order chi connectivity index (χ0) is 11.0. The summed E-state index contributed by atoms with van der Waals surface area (Å²) in [5.74, 6) is -1.20. The Kier molecular flexibility index (Phi) is 6.61. The van der Waals surface area contributed by atoms with Crippen molar-refractivity contribution in [1.29, 1.82) is 0 Å². The number of hydrazine groups is 1. The van der Waals surface area contributed by atoms with Gasteiger partial charge in [0.25, 0.3) is 0 Å². The molecule has 0 aliphatic carbocycles. The van der Waals surface area contributed by atoms with Gasteiger partial charge in [-0.2, -0.15) is 0 Å². The van der Waals surface area contributed by atoms with Gasteiger partial charge in [-0.25, -0.2) is 14.2 Å². The highest BCUT2D eigenvalue weighted by Gasteiger charge is 2.05. The maximum atomic E-state index is 12.8. The topological polar surface area (TPSA) is 50.1 Å². The zero-order valence-corrected chi connectivity index (χ0v) is 8.27. The summed E-state index contributed by atoms with van der Waals surface area (Å²) >= 11 is 0. The molecule has 0 unspecified atom stereocenters. The third kappa shape index (κ3) is 3.68. The van der Waals surface area contributed by atoms with E-state index in [1.54, 1.807) is 0 Å². The monoisotopic (exact) mass is 203 g/mol. The van der Waals surface area contributed by atoms with Gasteiger partial charge in [0.15, 0.2) is 11.6 Å². The van der Waals surface area contributed by atoms with E-state index in [0.717, 1.165) is 0 Å². The van der Waals surface area contributed by atoms with Gasteiger partial charge in [-0.3, -0.25) is 0 Å². The standard InChI is InChI=1S/C8H10F2N2.CH5N/c1-2-11-12-8-6(9)4-3-5-7(8)10;1-2/h3-5,11-12H,2H2,1H3;2H2,1H3. The molecule has 3 nitrogen and oxygen atoms in total. The Morgan fingerprint density at radius 2 is 1.71 bits per heavy atom. The van der Waals surface area contributed by atoms with Crippen molar-refractivity contribution in [2.75, 3.05) is 19.0 Å². The first-order chi connectivity index (χ1) is 6.75. The molecule has 0 aromatic heterocycles. The summed E-state index contributed by atoms with van der Waals surface area (Å²) in [5.41, 5.74) is 9.41. The van der Waals surface area contributed by atoms with Crippen molar-refractivity contribution in [3.05, 3.63) is 29.8 Å². The summed E-state index contributed by atoms with van der Waals surface area (Å²) in [6.45, 7) is 2.42. The largest absolute Gasteiger partial charge is 0.333 e. The second-order valence-corrected chi connectivity index (χ2v) is 2.25. The van der Waals surface area contributed by atoms with E-state index >= 15 is 0 Å². The molecule has 14 heavy (non-hydrogen) atoms. The number of benzene rings is 1. The van der Waals surface area contributed by atoms with Gasteiger partial charge < -0.3 is 11.2 Å². The number of nitrogens with two attached hydrogens (primary N) is 1. The van der Waals surface area contributed by atoms with Crippen LogP contribution < -0.4 is 16.6 Å². The average Bonchev–Trinajstić information content (AvgIpc) is 2.20. The lowest BCUT2D eigenvalue weighted by molar-refractivity contribution is 0.583. The summed E-state index contributed by atoms with van der Waals surface area (Å²) < 4.78 is 25.7. The van der Waals surface area contributed by atoms with Crippen LogP contribution in [0.5, 0.6) is 0 Å². The maximum absolute atomic E-state index is 12.8. The average molecular weight is 203 g/mol. The van der Waals surface area contributed by atoms with Crippen molar-refractivity contribution in [1.82, 2.24) is 5.43 Å². The lowest BCUT2D eigenvalue weighted by Gasteiger charge is -2.07. The molecule has 5 heteroatoms. The second kappa shape index (κ2) is 7.23. The molecule has 0 aliphatic heterocycles. The van der Waals surface area contributed by atoms with E-state index in [0.29, 0.717) is 6.54 Å². The smallest absolute Gasteiger partial charge is 0.150 e. The van der Waals surface area contributed by atoms with E-state index < -0.39 is 11.6 Å². The fraction of sp³-hybridized carbons (Fsp3) is 0.333. The number of rotatable bonds is 3. The molecule has 4 N–H and O–H groups in total. The summed E-state index contributed by atoms with van der Waals surface area (Å²) in [7, 11) is 1.50. The molecular formula is C9H15F2N3. The molecule has 0 aliphatic rings. The van der Waals surface area contributed by atoms with Crippen LogP contribution in [0.15, 0.2) is 18.2 Å². The van der Waals surface area contributed by atoms with Crippen molar-refractivity contribution in [3.8, 4) is 0 Å². The van der Waals surface area contributed by atoms with Crippen molar-refractivity contribution in [2.45, 2.75) is 6.92 Å². The van der Waals surface area contributed by atoms with Crippen LogP contribution in [0.3, 0.4) is 0 Å². The molecule has 1 rings (SSSR count). The van der Waals surface area contributed by atoms with E-state index in [1.807, 2.05) is 6.92 Å². The van der Waals surface area contributed by atoms with Crippen LogP contribution in [0.4, 0.5) is 14.5 Å². The van der Waals surface area contributed by atoms with Crippen LogP contribution in [0.25, 0.3) is 0 Å². The third-order valence-electron chi connectivity index (χ3n) is 1.35. The van der Waals surface area contributed by atoms with E-state index in [-0.39, 0.29) is 5.69 Å². The molecule has 0 saturated carbocycles. The van der Waals surface area contributed by atoms with Crippen LogP contribution in [0.2, 0.25) is 0 Å². The number of anilines is 1. The van der Waals surface area contributed by atoms with Gasteiger partial charge >= 0.3 is 0 Å². The fourth-order valence-corrected chi connectivity index (χ4v) is 0.794. The minimum Gasteiger partial charge on any atom is -0.333 e. The highest BCUT2D eigenvalue weighted by molar-refractivity contribution is 5.44. The van der Waals surface area contributed by atoms with Crippen LogP contribution >= 0.6 is 0 Å². The number of hydrogen-bond acceptors (Lipinski definition) is 3. The van der Waals surface area contributed by atoms with Crippen molar-refractivity contribution in [3.63, 3.8) is 0 Å². The molecule has 1 aromatic rings. The van der Waals surface area contributed by atoms with E-state index in [9.17, 15) is 8.78 Å². The van der Waals surface area contributed by atoms with E-state index in [4.69, 9.17) is 0 Å². The molecule has 0 fully saturated rings. The minimum absolute atomic E-state index is 0.139. The van der Waals surface area contributed by atoms with Crippen LogP contribution in [0.1, 0.15) is 6.92 Å². The van der Waals surface area contributed by atoms with Crippen molar-refractivity contribution < 1.29 is 8.78 Å². The van der Waals surface area contributed by atoms with Crippen molar-refractivity contribution in [2.24, 2.45) is 5.73 Å². The zero-order valence-electron chi connectivity index (χ0n) is 8.27. The molecular weight excluding hydrogens is 188 g/mol. The lowest BCUT2D eigenvalue weighted by Crippen LogP contribution is -2.22. The van der Waals surface area contributed by atoms with Crippen LogP contribution in [-0.2, 0) is 0 Å². The van der Waals surface area contributed by atoms with Crippen LogP contribution in [0, 0.1) is 11.6 Å². The number of para-hydroxylation sites is 1. The van der Waals surface area contributed by atoms with Gasteiger partial charge in [0.2, 0.25) is 0 Å². The van der Waals surface area contributed by atoms with Crippen molar-refractivity contribution >= 4 is 5.69 Å². The van der Waals surface area contributed by atoms with Crippen LogP contribution in [-0.4, -0.2) is 13.6 Å². The third-order valence-corrected chi connectivity index (χ3v) is 1.35. The van der Waals surface area contributed by atoms with Gasteiger partial charge in [0, 0.05) is 6.54 Å². The Bertz CT molecular complexity index is 246. The normalized spacial score (nSPS) is 8.93. The molecule has 0 amide bonds. The molecule has 0 bridgehead atoms. The summed E-state index contributed by atoms with van der Waals surface area (Å²) in [6.07, 6.45) is 0. The molecule has 0 heterocycles. The van der Waals surface area contributed by atoms with Gasteiger partial charge in [-0.05, 0) is 19.2 Å². The van der Waals surface area contributed by atoms with Gasteiger partial charge in [0.1, 0.15) is 5.69 Å². The first-order valence-electron chi connectivity index (χ1n) is 4.26. The Labute approximate surface area is 82.3 Å². The Morgan fingerprint density at radius 1 is 1.21 bits per heavy atom. The van der Waals surface area contributed by atoms with Gasteiger partial charge in [-0.1, -0.05) is 13.0 Å². The quantitative estimate of drug-likeness (QED) is 0.652. The first-order valence-corrected chi connectivity index (χ1v) is 4.26. The van der Waals surface area contributed by atoms with E-state index in [1.165, 1.54) is 25.2 Å². The highest BCUT2D eigenvalue weighted by atomic mass is 19.1. The number of hydrogen-bond donors (Lipinski definition) is 3. The molecule has 80 valence electrons. The molecule has 1 aromatic carbocycles. The van der Waals surface area contributed by atoms with E-state index in [2.05, 4.69) is 16.6 Å². The number of halogens is 2. The predicted molar refractivity (Wildman–Crippen MR) is 53.8 cm³/mol. The van der Waals surface area contributed by atoms with Gasteiger partial charge in [0.05, 0.1) is 0 Å². The Balaban J connectivity index is 0.000000791. The maximum Gasteiger partial charge on any atom is 0.150 e. The Hall–Kier alpha value is -1.20.